The number of carboxylic acid groups (broad SMARTS) is 1. The van der Waals surface area contributed by atoms with Gasteiger partial charge in [0.1, 0.15) is 4.21 Å². The van der Waals surface area contributed by atoms with E-state index in [4.69, 9.17) is 9.90 Å². The van der Waals surface area contributed by atoms with Gasteiger partial charge in [-0.05, 0) is 30.2 Å². The maximum Gasteiger partial charge on any atom is 0.490 e. The summed E-state index contributed by atoms with van der Waals surface area (Å²) in [6.07, 6.45) is -3.13. The van der Waals surface area contributed by atoms with E-state index in [0.29, 0.717) is 22.7 Å². The van der Waals surface area contributed by atoms with Crippen molar-refractivity contribution >= 4 is 27.3 Å². The predicted octanol–water partition coefficient (Wildman–Crippen LogP) is 2.87. The zero-order chi connectivity index (χ0) is 20.4. The molecule has 0 spiro atoms. The van der Waals surface area contributed by atoms with E-state index >= 15 is 0 Å². The van der Waals surface area contributed by atoms with Gasteiger partial charge in [-0.2, -0.15) is 17.5 Å². The van der Waals surface area contributed by atoms with Crippen LogP contribution in [0.1, 0.15) is 26.7 Å². The van der Waals surface area contributed by atoms with Gasteiger partial charge in [-0.1, -0.05) is 19.9 Å². The molecule has 6 nitrogen and oxygen atoms in total. The van der Waals surface area contributed by atoms with Crippen LogP contribution in [0.5, 0.6) is 0 Å². The Labute approximate surface area is 160 Å². The summed E-state index contributed by atoms with van der Waals surface area (Å²) in [5.74, 6) is -2.12. The van der Waals surface area contributed by atoms with E-state index in [1.54, 1.807) is 10.4 Å². The van der Waals surface area contributed by atoms with Crippen LogP contribution < -0.4 is 0 Å². The molecule has 2 saturated heterocycles. The minimum Gasteiger partial charge on any atom is -0.475 e. The van der Waals surface area contributed by atoms with Crippen molar-refractivity contribution in [1.29, 1.82) is 0 Å². The van der Waals surface area contributed by atoms with Crippen LogP contribution in [0.2, 0.25) is 0 Å². The van der Waals surface area contributed by atoms with Gasteiger partial charge in [-0.25, -0.2) is 13.2 Å². The van der Waals surface area contributed by atoms with E-state index in [-0.39, 0.29) is 6.04 Å². The number of carboxylic acids is 1. The lowest BCUT2D eigenvalue weighted by molar-refractivity contribution is -0.192. The smallest absolute Gasteiger partial charge is 0.475 e. The second-order valence-corrected chi connectivity index (χ2v) is 10.0. The van der Waals surface area contributed by atoms with Crippen LogP contribution in [0.15, 0.2) is 21.7 Å². The lowest BCUT2D eigenvalue weighted by atomic mass is 10.1. The molecule has 2 aliphatic rings. The molecular weight excluding hydrogens is 405 g/mol. The Bertz CT molecular complexity index is 735. The van der Waals surface area contributed by atoms with Gasteiger partial charge in [0.05, 0.1) is 0 Å². The maximum absolute atomic E-state index is 12.7. The van der Waals surface area contributed by atoms with E-state index in [2.05, 4.69) is 18.7 Å². The largest absolute Gasteiger partial charge is 0.490 e. The fourth-order valence-corrected chi connectivity index (χ4v) is 6.37. The van der Waals surface area contributed by atoms with E-state index in [1.165, 1.54) is 11.3 Å². The Balaban J connectivity index is 0.000000321. The Morgan fingerprint density at radius 1 is 1.30 bits per heavy atom. The van der Waals surface area contributed by atoms with Crippen LogP contribution in [0.3, 0.4) is 0 Å². The average molecular weight is 428 g/mol. The first kappa shape index (κ1) is 22.1. The van der Waals surface area contributed by atoms with Crippen molar-refractivity contribution in [3.8, 4) is 0 Å². The lowest BCUT2D eigenvalue weighted by Gasteiger charge is -2.26. The van der Waals surface area contributed by atoms with Gasteiger partial charge in [0, 0.05) is 31.7 Å². The monoisotopic (exact) mass is 428 g/mol. The van der Waals surface area contributed by atoms with Gasteiger partial charge < -0.3 is 5.11 Å². The SMILES string of the molecule is CC(C)CN1CC[C@@H]2[C@@H]1CCN2S(=O)(=O)c1cccs1.O=C(O)C(F)(F)F. The highest BCUT2D eigenvalue weighted by molar-refractivity contribution is 7.91. The third kappa shape index (κ3) is 5.21. The molecular formula is C16H23F3N2O4S2. The summed E-state index contributed by atoms with van der Waals surface area (Å²) < 4.78 is 59.3. The van der Waals surface area contributed by atoms with Crippen molar-refractivity contribution in [1.82, 2.24) is 9.21 Å². The molecule has 0 unspecified atom stereocenters. The number of likely N-dealkylation sites (tertiary alicyclic amines) is 1. The second-order valence-electron chi connectivity index (χ2n) is 6.95. The minimum absolute atomic E-state index is 0.181. The Hall–Kier alpha value is -1.17. The summed E-state index contributed by atoms with van der Waals surface area (Å²) in [5, 5.41) is 8.96. The number of hydrogen-bond donors (Lipinski definition) is 1. The molecule has 0 radical (unpaired) electrons. The lowest BCUT2D eigenvalue weighted by Crippen LogP contribution is -2.40. The molecule has 1 aromatic rings. The van der Waals surface area contributed by atoms with Crippen LogP contribution in [-0.4, -0.2) is 66.6 Å². The first-order valence-electron chi connectivity index (χ1n) is 8.54. The van der Waals surface area contributed by atoms with Gasteiger partial charge in [0.15, 0.2) is 0 Å². The normalized spacial score (nSPS) is 23.9. The van der Waals surface area contributed by atoms with Crippen molar-refractivity contribution in [3.63, 3.8) is 0 Å². The van der Waals surface area contributed by atoms with Crippen molar-refractivity contribution in [2.45, 2.75) is 49.2 Å². The van der Waals surface area contributed by atoms with Gasteiger partial charge in [-0.3, -0.25) is 4.90 Å². The molecule has 2 aliphatic heterocycles. The number of fused-ring (bicyclic) bond motifs is 1. The van der Waals surface area contributed by atoms with Crippen molar-refractivity contribution in [2.75, 3.05) is 19.6 Å². The molecule has 3 rings (SSSR count). The van der Waals surface area contributed by atoms with Crippen LogP contribution in [0, 0.1) is 5.92 Å². The third-order valence-corrected chi connectivity index (χ3v) is 7.84. The summed E-state index contributed by atoms with van der Waals surface area (Å²) in [6, 6.07) is 4.13. The summed E-state index contributed by atoms with van der Waals surface area (Å²) in [6.45, 7) is 7.23. The Kier molecular flexibility index (Phi) is 6.93. The molecule has 0 amide bonds. The molecule has 2 atom stereocenters. The molecule has 3 heterocycles. The van der Waals surface area contributed by atoms with Gasteiger partial charge in [0.25, 0.3) is 10.0 Å². The number of hydrogen-bond acceptors (Lipinski definition) is 5. The standard InChI is InChI=1S/C14H22N2O2S2.C2HF3O2/c1-11(2)10-15-7-5-13-12(15)6-8-16(13)20(17,18)14-4-3-9-19-14;3-2(4,5)1(6)7/h3-4,9,11-13H,5-8,10H2,1-2H3;(H,6,7)/t12-,13+;/m0./s1. The minimum atomic E-state index is -5.08. The zero-order valence-corrected chi connectivity index (χ0v) is 16.6. The number of aliphatic carboxylic acids is 1. The summed E-state index contributed by atoms with van der Waals surface area (Å²) in [5.41, 5.74) is 0. The number of alkyl halides is 3. The molecule has 0 aromatic carbocycles. The second kappa shape index (κ2) is 8.46. The number of sulfonamides is 1. The van der Waals surface area contributed by atoms with Crippen LogP contribution in [0.25, 0.3) is 0 Å². The zero-order valence-electron chi connectivity index (χ0n) is 15.0. The molecule has 154 valence electrons. The molecule has 0 bridgehead atoms. The number of carbonyl (C=O) groups is 1. The predicted molar refractivity (Wildman–Crippen MR) is 95.1 cm³/mol. The summed E-state index contributed by atoms with van der Waals surface area (Å²) in [7, 11) is -3.28. The molecule has 27 heavy (non-hydrogen) atoms. The van der Waals surface area contributed by atoms with E-state index < -0.39 is 22.2 Å². The summed E-state index contributed by atoms with van der Waals surface area (Å²) >= 11 is 1.32. The number of rotatable bonds is 4. The quantitative estimate of drug-likeness (QED) is 0.798. The fraction of sp³-hybridized carbons (Fsp3) is 0.688. The van der Waals surface area contributed by atoms with Crippen molar-refractivity contribution < 1.29 is 31.5 Å². The topological polar surface area (TPSA) is 77.9 Å². The van der Waals surface area contributed by atoms with E-state index in [0.717, 1.165) is 25.9 Å². The Morgan fingerprint density at radius 3 is 2.37 bits per heavy atom. The first-order chi connectivity index (χ1) is 12.4. The van der Waals surface area contributed by atoms with Crippen LogP contribution in [-0.2, 0) is 14.8 Å². The van der Waals surface area contributed by atoms with Crippen molar-refractivity contribution in [3.05, 3.63) is 17.5 Å². The highest BCUT2D eigenvalue weighted by Gasteiger charge is 2.47. The number of thiophene rings is 1. The number of halogens is 3. The van der Waals surface area contributed by atoms with Gasteiger partial charge in [0.2, 0.25) is 0 Å². The van der Waals surface area contributed by atoms with Crippen LogP contribution in [0.4, 0.5) is 13.2 Å². The highest BCUT2D eigenvalue weighted by atomic mass is 32.2. The number of nitrogens with zero attached hydrogens (tertiary/aromatic N) is 2. The molecule has 1 aromatic heterocycles. The third-order valence-electron chi connectivity index (χ3n) is 4.54. The summed E-state index contributed by atoms with van der Waals surface area (Å²) in [4.78, 5) is 11.4. The van der Waals surface area contributed by atoms with Crippen LogP contribution >= 0.6 is 11.3 Å². The first-order valence-corrected chi connectivity index (χ1v) is 10.9. The average Bonchev–Trinajstić information content (AvgIpc) is 3.24. The van der Waals surface area contributed by atoms with E-state index in [1.807, 2.05) is 11.4 Å². The highest BCUT2D eigenvalue weighted by Crippen LogP contribution is 2.36. The van der Waals surface area contributed by atoms with E-state index in [9.17, 15) is 21.6 Å². The molecule has 0 aliphatic carbocycles. The Morgan fingerprint density at radius 2 is 1.89 bits per heavy atom. The van der Waals surface area contributed by atoms with Gasteiger partial charge in [-0.15, -0.1) is 11.3 Å². The van der Waals surface area contributed by atoms with Crippen molar-refractivity contribution in [2.24, 2.45) is 5.92 Å². The maximum atomic E-state index is 12.7. The molecule has 1 N–H and O–H groups in total. The molecule has 11 heteroatoms. The molecule has 0 saturated carbocycles. The van der Waals surface area contributed by atoms with Gasteiger partial charge >= 0.3 is 12.1 Å². The molecule has 2 fully saturated rings. The fourth-order valence-electron chi connectivity index (χ4n) is 3.56.